The fourth-order valence-corrected chi connectivity index (χ4v) is 4.50. The van der Waals surface area contributed by atoms with Crippen LogP contribution in [0.15, 0.2) is 12.1 Å². The first-order valence-electron chi connectivity index (χ1n) is 6.68. The highest BCUT2D eigenvalue weighted by Gasteiger charge is 2.49. The average Bonchev–Trinajstić information content (AvgIpc) is 2.94. The monoisotopic (exact) mass is 332 g/mol. The Morgan fingerprint density at radius 3 is 2.30 bits per heavy atom. The summed E-state index contributed by atoms with van der Waals surface area (Å²) in [5.74, 6) is 0.638. The second-order valence-electron chi connectivity index (χ2n) is 5.67. The lowest BCUT2D eigenvalue weighted by Gasteiger charge is -2.27. The van der Waals surface area contributed by atoms with Gasteiger partial charge in [-0.15, -0.1) is 0 Å². The number of nitrogens with one attached hydrogen (secondary N) is 1. The molecule has 3 rings (SSSR count). The molecular formula is C14H15Cl3N2O. The summed E-state index contributed by atoms with van der Waals surface area (Å²) in [4.78, 5) is 12.5. The number of benzene rings is 1. The van der Waals surface area contributed by atoms with Gasteiger partial charge in [-0.25, -0.2) is 0 Å². The number of carbonyl (C=O) groups is 1. The first-order valence-corrected chi connectivity index (χ1v) is 7.81. The highest BCUT2D eigenvalue weighted by Crippen LogP contribution is 2.48. The summed E-state index contributed by atoms with van der Waals surface area (Å²) >= 11 is 18.0. The van der Waals surface area contributed by atoms with Gasteiger partial charge in [0.25, 0.3) is 0 Å². The number of hydrogen-bond donors (Lipinski definition) is 2. The minimum absolute atomic E-state index is 0.0569. The Bertz CT molecular complexity index is 538. The molecule has 2 bridgehead atoms. The molecule has 3 N–H and O–H groups in total. The fourth-order valence-electron chi connectivity index (χ4n) is 3.59. The third-order valence-corrected chi connectivity index (χ3v) is 5.35. The molecule has 2 aliphatic rings. The molecule has 2 fully saturated rings. The molecule has 0 saturated heterocycles. The van der Waals surface area contributed by atoms with Gasteiger partial charge in [0.15, 0.2) is 0 Å². The number of amides is 1. The van der Waals surface area contributed by atoms with Crippen molar-refractivity contribution in [2.24, 2.45) is 23.5 Å². The molecule has 1 aromatic rings. The summed E-state index contributed by atoms with van der Waals surface area (Å²) in [5, 5.41) is 3.94. The lowest BCUT2D eigenvalue weighted by atomic mass is 9.84. The van der Waals surface area contributed by atoms with Crippen LogP contribution >= 0.6 is 34.8 Å². The number of halogens is 3. The van der Waals surface area contributed by atoms with Crippen LogP contribution in [0.4, 0.5) is 5.69 Å². The maximum absolute atomic E-state index is 12.5. The van der Waals surface area contributed by atoms with Gasteiger partial charge in [-0.3, -0.25) is 4.79 Å². The summed E-state index contributed by atoms with van der Waals surface area (Å²) in [5.41, 5.74) is 6.59. The molecule has 0 spiro atoms. The van der Waals surface area contributed by atoms with E-state index in [9.17, 15) is 4.79 Å². The smallest absolute Gasteiger partial charge is 0.229 e. The predicted octanol–water partition coefficient (Wildman–Crippen LogP) is 3.96. The molecule has 0 heterocycles. The van der Waals surface area contributed by atoms with E-state index in [1.54, 1.807) is 12.1 Å². The molecule has 4 atom stereocenters. The highest BCUT2D eigenvalue weighted by atomic mass is 35.5. The third kappa shape index (κ3) is 2.41. The van der Waals surface area contributed by atoms with Crippen LogP contribution < -0.4 is 11.1 Å². The van der Waals surface area contributed by atoms with Gasteiger partial charge < -0.3 is 11.1 Å². The van der Waals surface area contributed by atoms with E-state index in [4.69, 9.17) is 40.5 Å². The van der Waals surface area contributed by atoms with Crippen molar-refractivity contribution in [3.8, 4) is 0 Å². The van der Waals surface area contributed by atoms with Gasteiger partial charge in [-0.05, 0) is 43.2 Å². The molecule has 0 aliphatic heterocycles. The quantitative estimate of drug-likeness (QED) is 0.860. The number of rotatable bonds is 2. The van der Waals surface area contributed by atoms with E-state index >= 15 is 0 Å². The molecular weight excluding hydrogens is 319 g/mol. The molecule has 0 radical (unpaired) electrons. The zero-order valence-corrected chi connectivity index (χ0v) is 13.0. The number of hydrogen-bond acceptors (Lipinski definition) is 2. The zero-order chi connectivity index (χ0) is 14.4. The fraction of sp³-hybridized carbons (Fsp3) is 0.500. The van der Waals surface area contributed by atoms with E-state index in [0.717, 1.165) is 19.3 Å². The van der Waals surface area contributed by atoms with E-state index < -0.39 is 0 Å². The molecule has 1 aromatic carbocycles. The van der Waals surface area contributed by atoms with Crippen molar-refractivity contribution in [2.45, 2.75) is 25.3 Å². The number of anilines is 1. The Balaban J connectivity index is 1.80. The Labute approximate surface area is 132 Å². The minimum atomic E-state index is -0.142. The van der Waals surface area contributed by atoms with Crippen molar-refractivity contribution < 1.29 is 4.79 Å². The maximum atomic E-state index is 12.5. The third-order valence-electron chi connectivity index (χ3n) is 4.54. The largest absolute Gasteiger partial charge is 0.327 e. The maximum Gasteiger partial charge on any atom is 0.229 e. The topological polar surface area (TPSA) is 55.1 Å². The van der Waals surface area contributed by atoms with Gasteiger partial charge in [0.05, 0.1) is 21.7 Å². The normalized spacial score (nSPS) is 31.6. The van der Waals surface area contributed by atoms with Crippen LogP contribution in [-0.4, -0.2) is 11.9 Å². The molecule has 108 valence electrons. The predicted molar refractivity (Wildman–Crippen MR) is 82.4 cm³/mol. The van der Waals surface area contributed by atoms with E-state index in [2.05, 4.69) is 5.32 Å². The van der Waals surface area contributed by atoms with Gasteiger partial charge in [0.1, 0.15) is 0 Å². The number of fused-ring (bicyclic) bond motifs is 2. The molecule has 2 saturated carbocycles. The summed E-state index contributed by atoms with van der Waals surface area (Å²) in [7, 11) is 0. The van der Waals surface area contributed by atoms with Crippen LogP contribution in [0.25, 0.3) is 0 Å². The van der Waals surface area contributed by atoms with Crippen LogP contribution in [0, 0.1) is 17.8 Å². The van der Waals surface area contributed by atoms with Gasteiger partial charge in [-0.2, -0.15) is 0 Å². The summed E-state index contributed by atoms with van der Waals surface area (Å²) < 4.78 is 0. The summed E-state index contributed by atoms with van der Waals surface area (Å²) in [6.45, 7) is 0. The first kappa shape index (κ1) is 14.5. The molecule has 6 heteroatoms. The standard InChI is InChI=1S/C14H15Cl3N2O/c15-8-4-9(16)13(10(17)5-8)19-14(20)11-6-1-2-7(3-6)12(11)18/h4-7,11-12H,1-3,18H2,(H,19,20). The van der Waals surface area contributed by atoms with Crippen molar-refractivity contribution in [3.63, 3.8) is 0 Å². The van der Waals surface area contributed by atoms with Crippen LogP contribution in [0.3, 0.4) is 0 Å². The van der Waals surface area contributed by atoms with Crippen molar-refractivity contribution in [1.29, 1.82) is 0 Å². The SMILES string of the molecule is NC1C2CCC(C2)C1C(=O)Nc1c(Cl)cc(Cl)cc1Cl. The molecule has 4 unspecified atom stereocenters. The molecule has 0 aromatic heterocycles. The van der Waals surface area contributed by atoms with Gasteiger partial charge in [0, 0.05) is 11.1 Å². The van der Waals surface area contributed by atoms with E-state index in [1.165, 1.54) is 0 Å². The van der Waals surface area contributed by atoms with E-state index in [1.807, 2.05) is 0 Å². The van der Waals surface area contributed by atoms with E-state index in [-0.39, 0.29) is 17.9 Å². The van der Waals surface area contributed by atoms with Gasteiger partial charge in [-0.1, -0.05) is 34.8 Å². The van der Waals surface area contributed by atoms with Crippen LogP contribution in [0.1, 0.15) is 19.3 Å². The highest BCUT2D eigenvalue weighted by molar-refractivity contribution is 6.42. The Morgan fingerprint density at radius 1 is 1.15 bits per heavy atom. The molecule has 3 nitrogen and oxygen atoms in total. The summed E-state index contributed by atoms with van der Waals surface area (Å²) in [6, 6.07) is 3.06. The molecule has 2 aliphatic carbocycles. The second kappa shape index (κ2) is 5.38. The molecule has 1 amide bonds. The zero-order valence-electron chi connectivity index (χ0n) is 10.7. The van der Waals surface area contributed by atoms with Crippen molar-refractivity contribution in [2.75, 3.05) is 5.32 Å². The van der Waals surface area contributed by atoms with E-state index in [0.29, 0.717) is 32.6 Å². The lowest BCUT2D eigenvalue weighted by molar-refractivity contribution is -0.121. The first-order chi connectivity index (χ1) is 9.47. The Hall–Kier alpha value is -0.480. The lowest BCUT2D eigenvalue weighted by Crippen LogP contribution is -2.42. The van der Waals surface area contributed by atoms with Gasteiger partial charge in [0.2, 0.25) is 5.91 Å². The molecule has 20 heavy (non-hydrogen) atoms. The van der Waals surface area contributed by atoms with Crippen molar-refractivity contribution in [1.82, 2.24) is 0 Å². The van der Waals surface area contributed by atoms with Crippen molar-refractivity contribution in [3.05, 3.63) is 27.2 Å². The minimum Gasteiger partial charge on any atom is -0.327 e. The second-order valence-corrected chi connectivity index (χ2v) is 6.92. The Morgan fingerprint density at radius 2 is 1.75 bits per heavy atom. The average molecular weight is 334 g/mol. The van der Waals surface area contributed by atoms with Crippen LogP contribution in [0.2, 0.25) is 15.1 Å². The Kier molecular flexibility index (Phi) is 3.89. The van der Waals surface area contributed by atoms with Gasteiger partial charge >= 0.3 is 0 Å². The van der Waals surface area contributed by atoms with Crippen molar-refractivity contribution >= 4 is 46.4 Å². The number of carbonyl (C=O) groups excluding carboxylic acids is 1. The summed E-state index contributed by atoms with van der Waals surface area (Å²) in [6.07, 6.45) is 3.28. The number of nitrogens with two attached hydrogens (primary N) is 1. The van der Waals surface area contributed by atoms with Crippen LogP contribution in [-0.2, 0) is 4.79 Å². The van der Waals surface area contributed by atoms with Crippen LogP contribution in [0.5, 0.6) is 0 Å².